The summed E-state index contributed by atoms with van der Waals surface area (Å²) in [6, 6.07) is 3.50. The van der Waals surface area contributed by atoms with Crippen molar-refractivity contribution in [2.45, 2.75) is 5.33 Å². The van der Waals surface area contributed by atoms with E-state index in [0.29, 0.717) is 11.6 Å². The number of benzene rings is 1. The van der Waals surface area contributed by atoms with Crippen LogP contribution in [0.4, 0.5) is 8.78 Å². The Balaban J connectivity index is 3.36. The first-order valence-corrected chi connectivity index (χ1v) is 4.25. The lowest BCUT2D eigenvalue weighted by atomic mass is 10.1. The molecule has 0 atom stereocenters. The Hall–Kier alpha value is -0.950. The molecular formula is C8H4BrF2N. The van der Waals surface area contributed by atoms with Crippen molar-refractivity contribution in [3.63, 3.8) is 0 Å². The monoisotopic (exact) mass is 231 g/mol. The van der Waals surface area contributed by atoms with E-state index in [9.17, 15) is 8.78 Å². The molecule has 0 radical (unpaired) electrons. The largest absolute Gasteiger partial charge is 0.207 e. The molecular weight excluding hydrogens is 228 g/mol. The fraction of sp³-hybridized carbons (Fsp3) is 0.125. The van der Waals surface area contributed by atoms with E-state index in [4.69, 9.17) is 5.26 Å². The average Bonchev–Trinajstić information content (AvgIpc) is 2.03. The van der Waals surface area contributed by atoms with Crippen molar-refractivity contribution in [3.05, 3.63) is 34.9 Å². The summed E-state index contributed by atoms with van der Waals surface area (Å²) in [7, 11) is 0. The van der Waals surface area contributed by atoms with Gasteiger partial charge in [0.1, 0.15) is 17.7 Å². The van der Waals surface area contributed by atoms with Crippen LogP contribution >= 0.6 is 15.9 Å². The first-order chi connectivity index (χ1) is 5.69. The second-order valence-corrected chi connectivity index (χ2v) is 2.73. The molecule has 4 heteroatoms. The quantitative estimate of drug-likeness (QED) is 0.683. The van der Waals surface area contributed by atoms with E-state index < -0.39 is 11.6 Å². The van der Waals surface area contributed by atoms with Crippen molar-refractivity contribution in [2.75, 3.05) is 0 Å². The fourth-order valence-corrected chi connectivity index (χ4v) is 1.30. The summed E-state index contributed by atoms with van der Waals surface area (Å²) >= 11 is 3.03. The van der Waals surface area contributed by atoms with Crippen molar-refractivity contribution in [1.82, 2.24) is 0 Å². The topological polar surface area (TPSA) is 23.8 Å². The molecule has 0 aliphatic carbocycles. The Labute approximate surface area is 76.8 Å². The van der Waals surface area contributed by atoms with Crippen LogP contribution in [0.3, 0.4) is 0 Å². The second-order valence-electron chi connectivity index (χ2n) is 2.17. The van der Waals surface area contributed by atoms with Crippen molar-refractivity contribution in [1.29, 1.82) is 5.26 Å². The zero-order valence-electron chi connectivity index (χ0n) is 5.94. The predicted molar refractivity (Wildman–Crippen MR) is 43.7 cm³/mol. The summed E-state index contributed by atoms with van der Waals surface area (Å²) in [6.45, 7) is 0. The van der Waals surface area contributed by atoms with Crippen LogP contribution < -0.4 is 0 Å². The Morgan fingerprint density at radius 1 is 1.42 bits per heavy atom. The molecule has 0 aliphatic heterocycles. The molecule has 0 unspecified atom stereocenters. The fourth-order valence-electron chi connectivity index (χ4n) is 0.857. The molecule has 0 N–H and O–H groups in total. The van der Waals surface area contributed by atoms with E-state index >= 15 is 0 Å². The summed E-state index contributed by atoms with van der Waals surface area (Å²) in [5.74, 6) is -1.48. The first kappa shape index (κ1) is 9.14. The Morgan fingerprint density at radius 3 is 2.58 bits per heavy atom. The molecule has 0 saturated heterocycles. The predicted octanol–water partition coefficient (Wildman–Crippen LogP) is 2.73. The third kappa shape index (κ3) is 1.62. The molecule has 1 aromatic carbocycles. The molecule has 0 amide bonds. The number of halogens is 3. The summed E-state index contributed by atoms with van der Waals surface area (Å²) in [6.07, 6.45) is 0. The van der Waals surface area contributed by atoms with Crippen molar-refractivity contribution >= 4 is 15.9 Å². The third-order valence-corrected chi connectivity index (χ3v) is 2.00. The number of rotatable bonds is 1. The third-order valence-electron chi connectivity index (χ3n) is 1.39. The number of alkyl halides is 1. The molecule has 0 heterocycles. The van der Waals surface area contributed by atoms with Crippen LogP contribution in [0.1, 0.15) is 11.1 Å². The summed E-state index contributed by atoms with van der Waals surface area (Å²) < 4.78 is 25.4. The summed E-state index contributed by atoms with van der Waals surface area (Å²) in [4.78, 5) is 0. The Bertz CT molecular complexity index is 344. The molecule has 0 aromatic heterocycles. The SMILES string of the molecule is N#Cc1c(F)cc(F)cc1CBr. The molecule has 0 spiro atoms. The van der Waals surface area contributed by atoms with Crippen LogP contribution in [-0.4, -0.2) is 0 Å². The van der Waals surface area contributed by atoms with E-state index in [1.165, 1.54) is 0 Å². The smallest absolute Gasteiger partial charge is 0.144 e. The van der Waals surface area contributed by atoms with Gasteiger partial charge in [-0.2, -0.15) is 5.26 Å². The van der Waals surface area contributed by atoms with Crippen LogP contribution in [0.25, 0.3) is 0 Å². The molecule has 0 bridgehead atoms. The summed E-state index contributed by atoms with van der Waals surface area (Å²) in [5.41, 5.74) is 0.225. The van der Waals surface area contributed by atoms with Gasteiger partial charge >= 0.3 is 0 Å². The van der Waals surface area contributed by atoms with E-state index in [0.717, 1.165) is 6.07 Å². The van der Waals surface area contributed by atoms with Gasteiger partial charge < -0.3 is 0 Å². The van der Waals surface area contributed by atoms with Crippen molar-refractivity contribution in [2.24, 2.45) is 0 Å². The highest BCUT2D eigenvalue weighted by molar-refractivity contribution is 9.08. The number of hydrogen-bond donors (Lipinski definition) is 0. The van der Waals surface area contributed by atoms with Crippen LogP contribution in [0.15, 0.2) is 12.1 Å². The second kappa shape index (κ2) is 3.63. The Morgan fingerprint density at radius 2 is 2.08 bits per heavy atom. The standard InChI is InChI=1S/C8H4BrF2N/c9-3-5-1-6(10)2-8(11)7(5)4-12/h1-2H,3H2. The lowest BCUT2D eigenvalue weighted by Crippen LogP contribution is -1.93. The van der Waals surface area contributed by atoms with Crippen LogP contribution in [0.5, 0.6) is 0 Å². The maximum atomic E-state index is 12.8. The van der Waals surface area contributed by atoms with Gasteiger partial charge in [-0.05, 0) is 11.6 Å². The minimum Gasteiger partial charge on any atom is -0.207 e. The first-order valence-electron chi connectivity index (χ1n) is 3.13. The number of nitrogens with zero attached hydrogens (tertiary/aromatic N) is 1. The normalized spacial score (nSPS) is 9.50. The highest BCUT2D eigenvalue weighted by Gasteiger charge is 2.09. The maximum absolute atomic E-state index is 12.8. The van der Waals surface area contributed by atoms with Gasteiger partial charge in [0.2, 0.25) is 0 Å². The van der Waals surface area contributed by atoms with Gasteiger partial charge in [-0.1, -0.05) is 15.9 Å². The lowest BCUT2D eigenvalue weighted by molar-refractivity contribution is 0.578. The highest BCUT2D eigenvalue weighted by atomic mass is 79.9. The molecule has 0 aliphatic rings. The van der Waals surface area contributed by atoms with E-state index in [1.54, 1.807) is 6.07 Å². The minimum atomic E-state index is -0.813. The molecule has 62 valence electrons. The van der Waals surface area contributed by atoms with Gasteiger partial charge in [0.05, 0.1) is 5.56 Å². The molecule has 0 saturated carbocycles. The minimum absolute atomic E-state index is 0.103. The van der Waals surface area contributed by atoms with Gasteiger partial charge in [-0.25, -0.2) is 8.78 Å². The van der Waals surface area contributed by atoms with Crippen LogP contribution in [-0.2, 0) is 5.33 Å². The van der Waals surface area contributed by atoms with Crippen molar-refractivity contribution in [3.8, 4) is 6.07 Å². The Kier molecular flexibility index (Phi) is 2.77. The molecule has 0 fully saturated rings. The zero-order chi connectivity index (χ0) is 9.14. The molecule has 1 rings (SSSR count). The van der Waals surface area contributed by atoms with Gasteiger partial charge in [0.25, 0.3) is 0 Å². The number of hydrogen-bond acceptors (Lipinski definition) is 1. The van der Waals surface area contributed by atoms with Gasteiger partial charge in [-0.3, -0.25) is 0 Å². The molecule has 1 aromatic rings. The lowest BCUT2D eigenvalue weighted by Gasteiger charge is -2.00. The van der Waals surface area contributed by atoms with Gasteiger partial charge in [0.15, 0.2) is 0 Å². The van der Waals surface area contributed by atoms with Gasteiger partial charge in [-0.15, -0.1) is 0 Å². The van der Waals surface area contributed by atoms with Crippen LogP contribution in [0.2, 0.25) is 0 Å². The van der Waals surface area contributed by atoms with Crippen molar-refractivity contribution < 1.29 is 8.78 Å². The number of nitriles is 1. The van der Waals surface area contributed by atoms with E-state index in [1.807, 2.05) is 0 Å². The maximum Gasteiger partial charge on any atom is 0.144 e. The summed E-state index contributed by atoms with van der Waals surface area (Å²) in [5, 5.41) is 8.76. The van der Waals surface area contributed by atoms with E-state index in [-0.39, 0.29) is 10.9 Å². The molecule has 12 heavy (non-hydrogen) atoms. The zero-order valence-corrected chi connectivity index (χ0v) is 7.53. The average molecular weight is 232 g/mol. The highest BCUT2D eigenvalue weighted by Crippen LogP contribution is 2.17. The van der Waals surface area contributed by atoms with E-state index in [2.05, 4.69) is 15.9 Å². The van der Waals surface area contributed by atoms with Crippen LogP contribution in [0, 0.1) is 23.0 Å². The molecule has 1 nitrogen and oxygen atoms in total. The van der Waals surface area contributed by atoms with Gasteiger partial charge in [0, 0.05) is 11.4 Å².